The fourth-order valence-electron chi connectivity index (χ4n) is 4.91. The molecule has 2 N–H and O–H groups in total. The van der Waals surface area contributed by atoms with Crippen LogP contribution in [-0.2, 0) is 33.1 Å². The number of aryl methyl sites for hydroxylation is 2. The summed E-state index contributed by atoms with van der Waals surface area (Å²) >= 11 is 0. The molecular weight excluding hydrogens is 496 g/mol. The average Bonchev–Trinajstić information content (AvgIpc) is 2.81. The van der Waals surface area contributed by atoms with Crippen LogP contribution in [0.3, 0.4) is 0 Å². The second-order valence-corrected chi connectivity index (χ2v) is 12.7. The molecule has 0 bridgehead atoms. The highest BCUT2D eigenvalue weighted by Gasteiger charge is 2.21. The van der Waals surface area contributed by atoms with Gasteiger partial charge in [-0.1, -0.05) is 97.0 Å². The van der Waals surface area contributed by atoms with E-state index in [0.717, 1.165) is 49.7 Å². The van der Waals surface area contributed by atoms with Gasteiger partial charge in [-0.3, -0.25) is 9.11 Å². The van der Waals surface area contributed by atoms with E-state index in [1.807, 2.05) is 0 Å². The van der Waals surface area contributed by atoms with Gasteiger partial charge in [0.2, 0.25) is 0 Å². The largest absolute Gasteiger partial charge is 0.295 e. The Hall–Kier alpha value is -1.48. The number of rotatable bonds is 18. The predicted molar refractivity (Wildman–Crippen MR) is 147 cm³/mol. The zero-order valence-electron chi connectivity index (χ0n) is 22.0. The summed E-state index contributed by atoms with van der Waals surface area (Å²) in [5.74, 6) is 0. The van der Waals surface area contributed by atoms with Crippen LogP contribution in [0.1, 0.15) is 115 Å². The Morgan fingerprint density at radius 3 is 1.58 bits per heavy atom. The van der Waals surface area contributed by atoms with Crippen molar-refractivity contribution in [3.8, 4) is 0 Å². The lowest BCUT2D eigenvalue weighted by atomic mass is 9.91. The quantitative estimate of drug-likeness (QED) is 0.147. The molecule has 0 spiro atoms. The summed E-state index contributed by atoms with van der Waals surface area (Å²) in [7, 11) is -8.97. The molecule has 0 aliphatic carbocycles. The van der Waals surface area contributed by atoms with E-state index >= 15 is 0 Å². The van der Waals surface area contributed by atoms with Crippen molar-refractivity contribution in [2.45, 2.75) is 126 Å². The molecule has 0 aliphatic rings. The number of benzene rings is 2. The Bertz CT molecular complexity index is 1170. The second kappa shape index (κ2) is 15.1. The minimum absolute atomic E-state index is 0.208. The van der Waals surface area contributed by atoms with Crippen molar-refractivity contribution >= 4 is 31.0 Å². The fourth-order valence-corrected chi connectivity index (χ4v) is 6.16. The van der Waals surface area contributed by atoms with Gasteiger partial charge in [-0.25, -0.2) is 0 Å². The van der Waals surface area contributed by atoms with Gasteiger partial charge in [-0.2, -0.15) is 16.8 Å². The van der Waals surface area contributed by atoms with E-state index in [4.69, 9.17) is 0 Å². The van der Waals surface area contributed by atoms with E-state index < -0.39 is 20.2 Å². The van der Waals surface area contributed by atoms with E-state index in [0.29, 0.717) is 18.2 Å². The molecule has 0 heterocycles. The van der Waals surface area contributed by atoms with E-state index in [1.165, 1.54) is 69.6 Å². The van der Waals surface area contributed by atoms with Crippen LogP contribution in [0.15, 0.2) is 34.1 Å². The summed E-state index contributed by atoms with van der Waals surface area (Å²) in [6.07, 6.45) is 17.2. The first-order chi connectivity index (χ1) is 17.1. The van der Waals surface area contributed by atoms with Crippen molar-refractivity contribution in [3.63, 3.8) is 0 Å². The number of unbranched alkanes of at least 4 members (excludes halogenated alkanes) is 12. The van der Waals surface area contributed by atoms with Crippen LogP contribution in [0.25, 0.3) is 10.8 Å². The zero-order chi connectivity index (χ0) is 26.6. The highest BCUT2D eigenvalue weighted by Crippen LogP contribution is 2.33. The van der Waals surface area contributed by atoms with Crippen LogP contribution in [0, 0.1) is 0 Å². The fraction of sp³-hybridized carbons (Fsp3) is 0.643. The highest BCUT2D eigenvalue weighted by atomic mass is 32.2. The van der Waals surface area contributed by atoms with Crippen LogP contribution >= 0.6 is 0 Å². The van der Waals surface area contributed by atoms with Gasteiger partial charge >= 0.3 is 0 Å². The molecule has 2 aromatic rings. The van der Waals surface area contributed by atoms with Crippen LogP contribution in [0.5, 0.6) is 0 Å². The molecule has 8 heteroatoms. The van der Waals surface area contributed by atoms with Gasteiger partial charge in [0.25, 0.3) is 20.2 Å². The third-order valence-corrected chi connectivity index (χ3v) is 8.67. The molecule has 0 fully saturated rings. The summed E-state index contributed by atoms with van der Waals surface area (Å²) in [5, 5.41) is 0.760. The number of hydrogen-bond donors (Lipinski definition) is 2. The molecule has 2 aromatic carbocycles. The van der Waals surface area contributed by atoms with Crippen molar-refractivity contribution in [2.75, 3.05) is 0 Å². The zero-order valence-corrected chi connectivity index (χ0v) is 23.6. The first-order valence-corrected chi connectivity index (χ1v) is 16.5. The maximum atomic E-state index is 12.2. The number of hydrogen-bond acceptors (Lipinski definition) is 4. The summed E-state index contributed by atoms with van der Waals surface area (Å²) in [6.45, 7) is 4.38. The van der Waals surface area contributed by atoms with Gasteiger partial charge in [0.05, 0.1) is 4.90 Å². The van der Waals surface area contributed by atoms with Gasteiger partial charge in [0, 0.05) is 5.39 Å². The van der Waals surface area contributed by atoms with E-state index in [-0.39, 0.29) is 15.2 Å². The lowest BCUT2D eigenvalue weighted by Gasteiger charge is -2.17. The third kappa shape index (κ3) is 9.77. The first-order valence-electron chi connectivity index (χ1n) is 13.6. The maximum absolute atomic E-state index is 12.2. The van der Waals surface area contributed by atoms with Crippen molar-refractivity contribution in [3.05, 3.63) is 35.4 Å². The molecule has 0 aliphatic heterocycles. The van der Waals surface area contributed by atoms with Gasteiger partial charge in [0.1, 0.15) is 4.90 Å². The molecule has 0 aromatic heterocycles. The van der Waals surface area contributed by atoms with Crippen LogP contribution < -0.4 is 0 Å². The second-order valence-electron chi connectivity index (χ2n) is 9.91. The average molecular weight is 541 g/mol. The molecule has 0 amide bonds. The smallest absolute Gasteiger partial charge is 0.282 e. The Morgan fingerprint density at radius 2 is 1.08 bits per heavy atom. The molecule has 0 unspecified atom stereocenters. The van der Waals surface area contributed by atoms with Crippen molar-refractivity contribution < 1.29 is 25.9 Å². The number of fused-ring (bicyclic) bond motifs is 1. The van der Waals surface area contributed by atoms with Gasteiger partial charge in [-0.05, 0) is 60.4 Å². The summed E-state index contributed by atoms with van der Waals surface area (Å²) < 4.78 is 67.7. The topological polar surface area (TPSA) is 109 Å². The Balaban J connectivity index is 2.37. The molecule has 2 rings (SSSR count). The summed E-state index contributed by atoms with van der Waals surface area (Å²) in [5.41, 5.74) is 1.75. The third-order valence-electron chi connectivity index (χ3n) is 6.93. The molecule has 0 saturated carbocycles. The van der Waals surface area contributed by atoms with E-state index in [9.17, 15) is 25.9 Å². The molecule has 0 saturated heterocycles. The Labute approximate surface area is 218 Å². The monoisotopic (exact) mass is 540 g/mol. The molecule has 204 valence electrons. The first kappa shape index (κ1) is 30.7. The molecule has 36 heavy (non-hydrogen) atoms. The standard InChI is InChI=1S/C28H44O6S2/c1-3-5-7-9-11-13-15-17-23-21-28(36(32,33)34)26-20-19-24(35(29,30)31)22-27(26)25(23)18-16-14-12-10-8-6-4-2/h19-22H,3-18H2,1-2H3,(H,29,30,31)(H,32,33,34). The van der Waals surface area contributed by atoms with Crippen LogP contribution in [-0.4, -0.2) is 25.9 Å². The Morgan fingerprint density at radius 1 is 0.583 bits per heavy atom. The minimum atomic E-state index is -4.51. The summed E-state index contributed by atoms with van der Waals surface area (Å²) in [4.78, 5) is -0.481. The molecular formula is C28H44O6S2. The van der Waals surface area contributed by atoms with Crippen LogP contribution in [0.2, 0.25) is 0 Å². The lowest BCUT2D eigenvalue weighted by molar-refractivity contribution is 0.482. The van der Waals surface area contributed by atoms with Gasteiger partial charge in [-0.15, -0.1) is 0 Å². The maximum Gasteiger partial charge on any atom is 0.295 e. The predicted octanol–water partition coefficient (Wildman–Crippen LogP) is 7.92. The normalized spacial score (nSPS) is 12.4. The lowest BCUT2D eigenvalue weighted by Crippen LogP contribution is -2.06. The summed E-state index contributed by atoms with van der Waals surface area (Å²) in [6, 6.07) is 5.47. The molecule has 6 nitrogen and oxygen atoms in total. The van der Waals surface area contributed by atoms with E-state index in [1.54, 1.807) is 6.07 Å². The Kier molecular flexibility index (Phi) is 12.9. The SMILES string of the molecule is CCCCCCCCCc1cc(S(=O)(=O)O)c2ccc(S(=O)(=O)O)cc2c1CCCCCCCCC. The van der Waals surface area contributed by atoms with E-state index in [2.05, 4.69) is 13.8 Å². The highest BCUT2D eigenvalue weighted by molar-refractivity contribution is 7.86. The van der Waals surface area contributed by atoms with Gasteiger partial charge < -0.3 is 0 Å². The van der Waals surface area contributed by atoms with Crippen molar-refractivity contribution in [1.29, 1.82) is 0 Å². The van der Waals surface area contributed by atoms with Crippen molar-refractivity contribution in [2.24, 2.45) is 0 Å². The van der Waals surface area contributed by atoms with Crippen molar-refractivity contribution in [1.82, 2.24) is 0 Å². The van der Waals surface area contributed by atoms with Crippen LogP contribution in [0.4, 0.5) is 0 Å². The van der Waals surface area contributed by atoms with Gasteiger partial charge in [0.15, 0.2) is 0 Å². The molecule has 0 atom stereocenters. The minimum Gasteiger partial charge on any atom is -0.282 e. The molecule has 0 radical (unpaired) electrons.